The van der Waals surface area contributed by atoms with Crippen LogP contribution in [0.2, 0.25) is 0 Å². The van der Waals surface area contributed by atoms with Crippen LogP contribution in [0.4, 0.5) is 0 Å². The Morgan fingerprint density at radius 1 is 1.44 bits per heavy atom. The van der Waals surface area contributed by atoms with Crippen molar-refractivity contribution in [1.29, 1.82) is 0 Å². The van der Waals surface area contributed by atoms with Crippen molar-refractivity contribution in [2.24, 2.45) is 5.73 Å². The first-order chi connectivity index (χ1) is 8.69. The lowest BCUT2D eigenvalue weighted by Gasteiger charge is -2.09. The molecule has 0 aliphatic heterocycles. The van der Waals surface area contributed by atoms with Crippen LogP contribution in [0.15, 0.2) is 28.9 Å². The van der Waals surface area contributed by atoms with Crippen LogP contribution in [0.25, 0.3) is 0 Å². The summed E-state index contributed by atoms with van der Waals surface area (Å²) < 4.78 is 8.48. The molecule has 2 aromatic rings. The van der Waals surface area contributed by atoms with Crippen LogP contribution >= 0.6 is 15.9 Å². The van der Waals surface area contributed by atoms with Gasteiger partial charge in [-0.05, 0) is 30.7 Å². The van der Waals surface area contributed by atoms with E-state index >= 15 is 0 Å². The molecule has 0 fully saturated rings. The van der Waals surface area contributed by atoms with Gasteiger partial charge in [-0.15, -0.1) is 5.10 Å². The first-order valence-corrected chi connectivity index (χ1v) is 6.46. The smallest absolute Gasteiger partial charge is 0.122 e. The second-order valence-corrected chi connectivity index (χ2v) is 4.85. The molecule has 1 aromatic heterocycles. The summed E-state index contributed by atoms with van der Waals surface area (Å²) in [5.41, 5.74) is 7.35. The van der Waals surface area contributed by atoms with Crippen molar-refractivity contribution in [1.82, 2.24) is 15.0 Å². The monoisotopic (exact) mass is 310 g/mol. The molecule has 18 heavy (non-hydrogen) atoms. The van der Waals surface area contributed by atoms with E-state index < -0.39 is 0 Å². The molecule has 1 heterocycles. The average Bonchev–Trinajstić information content (AvgIpc) is 2.80. The zero-order valence-corrected chi connectivity index (χ0v) is 11.7. The van der Waals surface area contributed by atoms with Crippen molar-refractivity contribution in [2.45, 2.75) is 20.0 Å². The van der Waals surface area contributed by atoms with E-state index in [2.05, 4.69) is 26.2 Å². The van der Waals surface area contributed by atoms with Crippen LogP contribution < -0.4 is 10.5 Å². The maximum absolute atomic E-state index is 5.70. The Morgan fingerprint density at radius 2 is 2.28 bits per heavy atom. The molecule has 0 saturated heterocycles. The maximum atomic E-state index is 5.70. The fourth-order valence-electron chi connectivity index (χ4n) is 1.57. The molecule has 2 rings (SSSR count). The minimum atomic E-state index is 0.409. The fraction of sp³-hybridized carbons (Fsp3) is 0.333. The molecule has 5 nitrogen and oxygen atoms in total. The molecule has 0 atom stereocenters. The number of nitrogens with two attached hydrogens (primary N) is 1. The highest BCUT2D eigenvalue weighted by Crippen LogP contribution is 2.21. The van der Waals surface area contributed by atoms with Crippen LogP contribution in [0.3, 0.4) is 0 Å². The highest BCUT2D eigenvalue weighted by atomic mass is 79.9. The Kier molecular flexibility index (Phi) is 4.33. The molecular formula is C12H15BrN4O. The summed E-state index contributed by atoms with van der Waals surface area (Å²) in [5.74, 6) is 0.886. The molecule has 0 unspecified atom stereocenters. The number of aryl methyl sites for hydroxylation is 1. The van der Waals surface area contributed by atoms with E-state index in [9.17, 15) is 0 Å². The Morgan fingerprint density at radius 3 is 2.94 bits per heavy atom. The Hall–Kier alpha value is -1.40. The van der Waals surface area contributed by atoms with Gasteiger partial charge in [0.1, 0.15) is 12.4 Å². The largest absolute Gasteiger partial charge is 0.491 e. The SMILES string of the molecule is Cc1cc(Br)ccc1OCCn1cc(CN)nn1. The Balaban J connectivity index is 1.88. The topological polar surface area (TPSA) is 66.0 Å². The zero-order valence-electron chi connectivity index (χ0n) is 10.1. The van der Waals surface area contributed by atoms with Crippen LogP contribution in [-0.4, -0.2) is 21.6 Å². The molecule has 0 saturated carbocycles. The van der Waals surface area contributed by atoms with Gasteiger partial charge in [0.05, 0.1) is 12.2 Å². The standard InChI is InChI=1S/C12H15BrN4O/c1-9-6-10(13)2-3-12(9)18-5-4-17-8-11(7-14)15-16-17/h2-3,6,8H,4-5,7,14H2,1H3. The molecule has 96 valence electrons. The van der Waals surface area contributed by atoms with Gasteiger partial charge in [-0.3, -0.25) is 0 Å². The second-order valence-electron chi connectivity index (χ2n) is 3.94. The van der Waals surface area contributed by atoms with E-state index in [4.69, 9.17) is 10.5 Å². The molecule has 0 radical (unpaired) electrons. The molecular weight excluding hydrogens is 296 g/mol. The first kappa shape index (κ1) is 13.0. The van der Waals surface area contributed by atoms with Gasteiger partial charge >= 0.3 is 0 Å². The Labute approximate surface area is 114 Å². The lowest BCUT2D eigenvalue weighted by molar-refractivity contribution is 0.288. The first-order valence-electron chi connectivity index (χ1n) is 5.67. The van der Waals surface area contributed by atoms with E-state index in [1.54, 1.807) is 4.68 Å². The van der Waals surface area contributed by atoms with Gasteiger partial charge < -0.3 is 10.5 Å². The van der Waals surface area contributed by atoms with Crippen molar-refractivity contribution < 1.29 is 4.74 Å². The van der Waals surface area contributed by atoms with Gasteiger partial charge in [0.2, 0.25) is 0 Å². The number of aromatic nitrogens is 3. The van der Waals surface area contributed by atoms with Gasteiger partial charge in [0, 0.05) is 17.2 Å². The van der Waals surface area contributed by atoms with Crippen molar-refractivity contribution in [3.8, 4) is 5.75 Å². The Bertz CT molecular complexity index is 527. The summed E-state index contributed by atoms with van der Waals surface area (Å²) in [6, 6.07) is 5.94. The number of rotatable bonds is 5. The summed E-state index contributed by atoms with van der Waals surface area (Å²) in [7, 11) is 0. The van der Waals surface area contributed by atoms with Crippen molar-refractivity contribution in [3.63, 3.8) is 0 Å². The number of ether oxygens (including phenoxy) is 1. The van der Waals surface area contributed by atoms with Gasteiger partial charge in [-0.25, -0.2) is 4.68 Å². The molecule has 6 heteroatoms. The van der Waals surface area contributed by atoms with Crippen molar-refractivity contribution in [2.75, 3.05) is 6.61 Å². The van der Waals surface area contributed by atoms with E-state index in [-0.39, 0.29) is 0 Å². The van der Waals surface area contributed by atoms with Gasteiger partial charge in [0.25, 0.3) is 0 Å². The number of nitrogens with zero attached hydrogens (tertiary/aromatic N) is 3. The molecule has 0 bridgehead atoms. The van der Waals surface area contributed by atoms with Gasteiger partial charge in [-0.1, -0.05) is 21.1 Å². The normalized spacial score (nSPS) is 10.6. The van der Waals surface area contributed by atoms with E-state index in [1.807, 2.05) is 31.3 Å². The van der Waals surface area contributed by atoms with Crippen molar-refractivity contribution in [3.05, 3.63) is 40.1 Å². The lowest BCUT2D eigenvalue weighted by atomic mass is 10.2. The predicted molar refractivity (Wildman–Crippen MR) is 72.3 cm³/mol. The second kappa shape index (κ2) is 5.97. The highest BCUT2D eigenvalue weighted by Gasteiger charge is 2.01. The summed E-state index contributed by atoms with van der Waals surface area (Å²) in [5, 5.41) is 7.87. The minimum Gasteiger partial charge on any atom is -0.491 e. The summed E-state index contributed by atoms with van der Waals surface area (Å²) in [4.78, 5) is 0. The number of hydrogen-bond acceptors (Lipinski definition) is 4. The number of halogens is 1. The lowest BCUT2D eigenvalue weighted by Crippen LogP contribution is -2.09. The molecule has 0 aliphatic rings. The number of benzene rings is 1. The summed E-state index contributed by atoms with van der Waals surface area (Å²) >= 11 is 3.42. The predicted octanol–water partition coefficient (Wildman–Crippen LogP) is 1.89. The van der Waals surface area contributed by atoms with Gasteiger partial charge in [-0.2, -0.15) is 0 Å². The highest BCUT2D eigenvalue weighted by molar-refractivity contribution is 9.10. The molecule has 0 amide bonds. The summed E-state index contributed by atoms with van der Waals surface area (Å²) in [6.07, 6.45) is 1.83. The quantitative estimate of drug-likeness (QED) is 0.916. The third kappa shape index (κ3) is 3.30. The van der Waals surface area contributed by atoms with Crippen LogP contribution in [0.5, 0.6) is 5.75 Å². The third-order valence-corrected chi connectivity index (χ3v) is 3.00. The summed E-state index contributed by atoms with van der Waals surface area (Å²) in [6.45, 7) is 3.63. The van der Waals surface area contributed by atoms with E-state index in [1.165, 1.54) is 0 Å². The zero-order chi connectivity index (χ0) is 13.0. The average molecular weight is 311 g/mol. The molecule has 1 aromatic carbocycles. The minimum absolute atomic E-state index is 0.409. The van der Waals surface area contributed by atoms with Gasteiger partial charge in [0.15, 0.2) is 0 Å². The fourth-order valence-corrected chi connectivity index (χ4v) is 2.04. The molecule has 0 aliphatic carbocycles. The molecule has 2 N–H and O–H groups in total. The van der Waals surface area contributed by atoms with E-state index in [0.29, 0.717) is 19.7 Å². The van der Waals surface area contributed by atoms with Crippen LogP contribution in [0.1, 0.15) is 11.3 Å². The van der Waals surface area contributed by atoms with Crippen LogP contribution in [0, 0.1) is 6.92 Å². The maximum Gasteiger partial charge on any atom is 0.122 e. The third-order valence-electron chi connectivity index (χ3n) is 2.51. The van der Waals surface area contributed by atoms with Crippen molar-refractivity contribution >= 4 is 15.9 Å². The molecule has 0 spiro atoms. The van der Waals surface area contributed by atoms with Crippen LogP contribution in [-0.2, 0) is 13.1 Å². The number of hydrogen-bond donors (Lipinski definition) is 1. The van der Waals surface area contributed by atoms with E-state index in [0.717, 1.165) is 21.5 Å².